The summed E-state index contributed by atoms with van der Waals surface area (Å²) in [7, 11) is -3.06. The van der Waals surface area contributed by atoms with Crippen LogP contribution in [0.25, 0.3) is 6.08 Å². The van der Waals surface area contributed by atoms with Crippen molar-refractivity contribution >= 4 is 21.8 Å². The molecule has 0 aliphatic carbocycles. The monoisotopic (exact) mass is 303 g/mol. The molecule has 0 aromatic heterocycles. The fourth-order valence-corrected chi connectivity index (χ4v) is 2.10. The van der Waals surface area contributed by atoms with Gasteiger partial charge in [-0.15, -0.1) is 0 Å². The van der Waals surface area contributed by atoms with Crippen LogP contribution in [-0.4, -0.2) is 32.9 Å². The average Bonchev–Trinajstić information content (AvgIpc) is 2.33. The fraction of sp³-hybridized carbons (Fsp3) is 0.308. The number of nitrogens with one attached hydrogen (secondary N) is 1. The van der Waals surface area contributed by atoms with Gasteiger partial charge in [0.2, 0.25) is 5.91 Å². The van der Waals surface area contributed by atoms with Crippen LogP contribution in [0.15, 0.2) is 24.3 Å². The topological polar surface area (TPSA) is 63.2 Å². The summed E-state index contributed by atoms with van der Waals surface area (Å²) in [5.41, 5.74) is -0.293. The van der Waals surface area contributed by atoms with Crippen LogP contribution in [0.4, 0.5) is 8.78 Å². The second-order valence-electron chi connectivity index (χ2n) is 4.24. The van der Waals surface area contributed by atoms with Gasteiger partial charge in [0.05, 0.1) is 5.75 Å². The number of amides is 1. The molecule has 0 heterocycles. The third-order valence-corrected chi connectivity index (χ3v) is 3.42. The van der Waals surface area contributed by atoms with Crippen molar-refractivity contribution in [2.24, 2.45) is 0 Å². The summed E-state index contributed by atoms with van der Waals surface area (Å²) in [6.07, 6.45) is 3.43. The van der Waals surface area contributed by atoms with Gasteiger partial charge in [-0.3, -0.25) is 4.79 Å². The molecule has 0 saturated carbocycles. The normalized spacial score (nSPS) is 11.8. The minimum absolute atomic E-state index is 0.0288. The first-order chi connectivity index (χ1) is 9.29. The van der Waals surface area contributed by atoms with Crippen LogP contribution in [-0.2, 0) is 14.6 Å². The third kappa shape index (κ3) is 5.92. The van der Waals surface area contributed by atoms with E-state index in [1.54, 1.807) is 0 Å². The number of carbonyl (C=O) groups excluding carboxylic acids is 1. The lowest BCUT2D eigenvalue weighted by Crippen LogP contribution is -2.23. The minimum Gasteiger partial charge on any atom is -0.353 e. The van der Waals surface area contributed by atoms with E-state index in [2.05, 4.69) is 5.32 Å². The van der Waals surface area contributed by atoms with Gasteiger partial charge >= 0.3 is 0 Å². The standard InChI is InChI=1S/C13H15F2NO3S/c1-20(18,19)9-3-8-16-13(17)7-6-10-11(14)4-2-5-12(10)15/h2,4-7H,3,8-9H2,1H3,(H,16,17)/b7-6-. The van der Waals surface area contributed by atoms with Gasteiger partial charge in [0, 0.05) is 24.4 Å². The summed E-state index contributed by atoms with van der Waals surface area (Å²) in [4.78, 5) is 11.4. The number of sulfone groups is 1. The van der Waals surface area contributed by atoms with E-state index in [0.29, 0.717) is 0 Å². The molecule has 1 aromatic rings. The Morgan fingerprint density at radius 1 is 1.30 bits per heavy atom. The van der Waals surface area contributed by atoms with Crippen molar-refractivity contribution in [2.75, 3.05) is 18.6 Å². The van der Waals surface area contributed by atoms with Crippen molar-refractivity contribution in [1.82, 2.24) is 5.32 Å². The zero-order valence-corrected chi connectivity index (χ0v) is 11.7. The molecular formula is C13H15F2NO3S. The Balaban J connectivity index is 2.48. The zero-order valence-electron chi connectivity index (χ0n) is 10.9. The molecule has 0 unspecified atom stereocenters. The van der Waals surface area contributed by atoms with Gasteiger partial charge in [-0.05, 0) is 24.6 Å². The van der Waals surface area contributed by atoms with Crippen molar-refractivity contribution in [2.45, 2.75) is 6.42 Å². The highest BCUT2D eigenvalue weighted by Gasteiger charge is 2.05. The minimum atomic E-state index is -3.06. The molecule has 1 N–H and O–H groups in total. The van der Waals surface area contributed by atoms with Crippen LogP contribution >= 0.6 is 0 Å². The predicted octanol–water partition coefficient (Wildman–Crippen LogP) is 1.53. The van der Waals surface area contributed by atoms with Crippen LogP contribution in [0.5, 0.6) is 0 Å². The molecular weight excluding hydrogens is 288 g/mol. The Bertz CT molecular complexity index is 592. The molecule has 0 aliphatic heterocycles. The first kappa shape index (κ1) is 16.3. The third-order valence-electron chi connectivity index (χ3n) is 2.39. The molecule has 1 aromatic carbocycles. The summed E-state index contributed by atoms with van der Waals surface area (Å²) < 4.78 is 48.2. The van der Waals surface area contributed by atoms with Gasteiger partial charge < -0.3 is 5.32 Å². The lowest BCUT2D eigenvalue weighted by Gasteiger charge is -2.02. The van der Waals surface area contributed by atoms with Crippen molar-refractivity contribution in [3.63, 3.8) is 0 Å². The predicted molar refractivity (Wildman–Crippen MR) is 72.7 cm³/mol. The highest BCUT2D eigenvalue weighted by atomic mass is 32.2. The Morgan fingerprint density at radius 3 is 2.45 bits per heavy atom. The summed E-state index contributed by atoms with van der Waals surface area (Å²) in [5.74, 6) is -2.09. The van der Waals surface area contributed by atoms with Crippen molar-refractivity contribution in [1.29, 1.82) is 0 Å². The maximum Gasteiger partial charge on any atom is 0.244 e. The van der Waals surface area contributed by atoms with Crippen LogP contribution in [0, 0.1) is 11.6 Å². The van der Waals surface area contributed by atoms with Crippen LogP contribution < -0.4 is 5.32 Å². The zero-order chi connectivity index (χ0) is 15.2. The Kier molecular flexibility index (Phi) is 5.82. The molecule has 0 aliphatic rings. The molecule has 7 heteroatoms. The summed E-state index contributed by atoms with van der Waals surface area (Å²) in [5, 5.41) is 2.43. The van der Waals surface area contributed by atoms with E-state index in [0.717, 1.165) is 30.5 Å². The maximum absolute atomic E-state index is 13.2. The van der Waals surface area contributed by atoms with Gasteiger partial charge in [0.25, 0.3) is 0 Å². The molecule has 20 heavy (non-hydrogen) atoms. The van der Waals surface area contributed by atoms with E-state index in [1.165, 1.54) is 6.07 Å². The number of hydrogen-bond acceptors (Lipinski definition) is 3. The number of halogens is 2. The molecule has 4 nitrogen and oxygen atoms in total. The first-order valence-electron chi connectivity index (χ1n) is 5.87. The van der Waals surface area contributed by atoms with Gasteiger partial charge in [0.15, 0.2) is 0 Å². The van der Waals surface area contributed by atoms with Gasteiger partial charge in [-0.1, -0.05) is 6.07 Å². The van der Waals surface area contributed by atoms with E-state index in [4.69, 9.17) is 0 Å². The molecule has 0 spiro atoms. The highest BCUT2D eigenvalue weighted by Crippen LogP contribution is 2.13. The van der Waals surface area contributed by atoms with Crippen LogP contribution in [0.2, 0.25) is 0 Å². The quantitative estimate of drug-likeness (QED) is 0.640. The Labute approximate surface area is 116 Å². The van der Waals surface area contributed by atoms with E-state index in [-0.39, 0.29) is 24.3 Å². The van der Waals surface area contributed by atoms with E-state index >= 15 is 0 Å². The lowest BCUT2D eigenvalue weighted by atomic mass is 10.2. The van der Waals surface area contributed by atoms with E-state index in [1.807, 2.05) is 0 Å². The number of carbonyl (C=O) groups is 1. The average molecular weight is 303 g/mol. The van der Waals surface area contributed by atoms with Crippen molar-refractivity contribution in [3.05, 3.63) is 41.5 Å². The smallest absolute Gasteiger partial charge is 0.244 e. The Morgan fingerprint density at radius 2 is 1.90 bits per heavy atom. The van der Waals surface area contributed by atoms with Crippen molar-refractivity contribution in [3.8, 4) is 0 Å². The summed E-state index contributed by atoms with van der Waals surface area (Å²) in [6, 6.07) is 3.41. The molecule has 1 rings (SSSR count). The second-order valence-corrected chi connectivity index (χ2v) is 6.50. The molecule has 110 valence electrons. The largest absolute Gasteiger partial charge is 0.353 e. The maximum atomic E-state index is 13.2. The Hall–Kier alpha value is -1.76. The molecule has 0 saturated heterocycles. The van der Waals surface area contributed by atoms with E-state index in [9.17, 15) is 22.0 Å². The van der Waals surface area contributed by atoms with Gasteiger partial charge in [0.1, 0.15) is 21.5 Å². The van der Waals surface area contributed by atoms with Crippen LogP contribution in [0.1, 0.15) is 12.0 Å². The molecule has 1 amide bonds. The lowest BCUT2D eigenvalue weighted by molar-refractivity contribution is -0.116. The van der Waals surface area contributed by atoms with Crippen LogP contribution in [0.3, 0.4) is 0 Å². The molecule has 0 fully saturated rings. The first-order valence-corrected chi connectivity index (χ1v) is 7.93. The van der Waals surface area contributed by atoms with Gasteiger partial charge in [-0.25, -0.2) is 17.2 Å². The number of hydrogen-bond donors (Lipinski definition) is 1. The number of rotatable bonds is 6. The number of benzene rings is 1. The highest BCUT2D eigenvalue weighted by molar-refractivity contribution is 7.90. The van der Waals surface area contributed by atoms with Gasteiger partial charge in [-0.2, -0.15) is 0 Å². The van der Waals surface area contributed by atoms with E-state index < -0.39 is 27.4 Å². The molecule has 0 bridgehead atoms. The second kappa shape index (κ2) is 7.14. The molecule has 0 atom stereocenters. The fourth-order valence-electron chi connectivity index (χ4n) is 1.43. The molecule has 0 radical (unpaired) electrons. The summed E-state index contributed by atoms with van der Waals surface area (Å²) >= 11 is 0. The van der Waals surface area contributed by atoms with Crippen molar-refractivity contribution < 1.29 is 22.0 Å². The summed E-state index contributed by atoms with van der Waals surface area (Å²) in [6.45, 7) is 0.177. The SMILES string of the molecule is CS(=O)(=O)CCCNC(=O)/C=C\c1c(F)cccc1F.